The highest BCUT2D eigenvalue weighted by Crippen LogP contribution is 2.34. The van der Waals surface area contributed by atoms with Crippen LogP contribution in [0.2, 0.25) is 0 Å². The molecule has 0 aliphatic carbocycles. The number of hydrogen-bond acceptors (Lipinski definition) is 4. The summed E-state index contributed by atoms with van der Waals surface area (Å²) in [5.41, 5.74) is -0.527. The molecule has 2 aliphatic heterocycles. The number of carboxylic acid groups (broad SMARTS) is 2. The highest BCUT2D eigenvalue weighted by molar-refractivity contribution is 5.73. The standard InChI is InChI=1S/C26H46O6/c1-25(2,3)17-15-21(23(27)28)22-14-13-20(32-22)9-6-8-18-11-12-19(31-18)10-7-16-26(4,5)24(29)30/h18-22H,6-17H2,1-5H3,(H,27,28)(H,29,30). The second-order valence-corrected chi connectivity index (χ2v) is 11.9. The number of rotatable bonds is 13. The highest BCUT2D eigenvalue weighted by atomic mass is 16.5. The molecule has 2 saturated heterocycles. The van der Waals surface area contributed by atoms with Crippen molar-refractivity contribution in [3.63, 3.8) is 0 Å². The second kappa shape index (κ2) is 11.8. The third kappa shape index (κ3) is 9.01. The first kappa shape index (κ1) is 27.1. The molecule has 0 bridgehead atoms. The first-order valence-corrected chi connectivity index (χ1v) is 12.6. The van der Waals surface area contributed by atoms with E-state index in [0.29, 0.717) is 18.9 Å². The molecular weight excluding hydrogens is 408 g/mol. The summed E-state index contributed by atoms with van der Waals surface area (Å²) in [5, 5.41) is 18.9. The summed E-state index contributed by atoms with van der Waals surface area (Å²) in [6, 6.07) is 0. The Hall–Kier alpha value is -1.14. The largest absolute Gasteiger partial charge is 0.481 e. The highest BCUT2D eigenvalue weighted by Gasteiger charge is 2.36. The minimum atomic E-state index is -0.733. The zero-order chi connectivity index (χ0) is 23.9. The van der Waals surface area contributed by atoms with Gasteiger partial charge in [0, 0.05) is 0 Å². The Kier molecular flexibility index (Phi) is 10.0. The van der Waals surface area contributed by atoms with Crippen molar-refractivity contribution in [2.45, 2.75) is 136 Å². The van der Waals surface area contributed by atoms with Crippen molar-refractivity contribution in [1.82, 2.24) is 0 Å². The topological polar surface area (TPSA) is 93.1 Å². The van der Waals surface area contributed by atoms with Gasteiger partial charge in [-0.3, -0.25) is 9.59 Å². The molecule has 6 nitrogen and oxygen atoms in total. The van der Waals surface area contributed by atoms with Crippen LogP contribution in [0.15, 0.2) is 0 Å². The molecule has 32 heavy (non-hydrogen) atoms. The quantitative estimate of drug-likeness (QED) is 0.351. The van der Waals surface area contributed by atoms with Crippen LogP contribution in [0.25, 0.3) is 0 Å². The Labute approximate surface area is 194 Å². The first-order valence-electron chi connectivity index (χ1n) is 12.6. The fourth-order valence-electron chi connectivity index (χ4n) is 4.96. The predicted octanol–water partition coefficient (Wildman–Crippen LogP) is 6.06. The lowest BCUT2D eigenvalue weighted by Crippen LogP contribution is -2.29. The van der Waals surface area contributed by atoms with Crippen LogP contribution in [-0.2, 0) is 19.1 Å². The molecule has 5 unspecified atom stereocenters. The maximum atomic E-state index is 11.8. The first-order chi connectivity index (χ1) is 14.9. The van der Waals surface area contributed by atoms with E-state index in [1.165, 1.54) is 0 Å². The molecule has 2 N–H and O–H groups in total. The van der Waals surface area contributed by atoms with Gasteiger partial charge in [0.1, 0.15) is 0 Å². The van der Waals surface area contributed by atoms with Crippen molar-refractivity contribution in [3.8, 4) is 0 Å². The van der Waals surface area contributed by atoms with E-state index >= 15 is 0 Å². The third-order valence-corrected chi connectivity index (χ3v) is 7.27. The summed E-state index contributed by atoms with van der Waals surface area (Å²) in [6.07, 6.45) is 11.6. The lowest BCUT2D eigenvalue weighted by atomic mass is 9.84. The van der Waals surface area contributed by atoms with Crippen LogP contribution in [0.1, 0.15) is 112 Å². The average Bonchev–Trinajstić information content (AvgIpc) is 3.30. The van der Waals surface area contributed by atoms with Gasteiger partial charge < -0.3 is 19.7 Å². The second-order valence-electron chi connectivity index (χ2n) is 11.9. The molecule has 0 aromatic carbocycles. The van der Waals surface area contributed by atoms with Gasteiger partial charge in [-0.25, -0.2) is 0 Å². The van der Waals surface area contributed by atoms with Crippen molar-refractivity contribution in [3.05, 3.63) is 0 Å². The van der Waals surface area contributed by atoms with E-state index in [2.05, 4.69) is 20.8 Å². The molecule has 2 fully saturated rings. The summed E-state index contributed by atoms with van der Waals surface area (Å²) in [5.74, 6) is -1.86. The van der Waals surface area contributed by atoms with E-state index in [9.17, 15) is 19.8 Å². The molecule has 0 radical (unpaired) electrons. The molecular formula is C26H46O6. The molecule has 0 amide bonds. The summed E-state index contributed by atoms with van der Waals surface area (Å²) >= 11 is 0. The Morgan fingerprint density at radius 2 is 1.34 bits per heavy atom. The number of carboxylic acids is 2. The summed E-state index contributed by atoms with van der Waals surface area (Å²) < 4.78 is 12.4. The lowest BCUT2D eigenvalue weighted by Gasteiger charge is -2.25. The van der Waals surface area contributed by atoms with E-state index in [-0.39, 0.29) is 23.7 Å². The van der Waals surface area contributed by atoms with Gasteiger partial charge in [0.2, 0.25) is 0 Å². The van der Waals surface area contributed by atoms with Crippen LogP contribution in [-0.4, -0.2) is 46.6 Å². The van der Waals surface area contributed by atoms with E-state index in [1.807, 2.05) is 0 Å². The molecule has 0 spiro atoms. The van der Waals surface area contributed by atoms with E-state index in [0.717, 1.165) is 64.2 Å². The SMILES string of the molecule is CC(C)(C)CCC(C(=O)O)C1CCC(CCCC2CCC(CCCC(C)(C)C(=O)O)O2)O1. The van der Waals surface area contributed by atoms with E-state index in [4.69, 9.17) is 9.47 Å². The molecule has 2 heterocycles. The third-order valence-electron chi connectivity index (χ3n) is 7.27. The van der Waals surface area contributed by atoms with Crippen LogP contribution in [0, 0.1) is 16.7 Å². The fourth-order valence-corrected chi connectivity index (χ4v) is 4.96. The number of aliphatic carboxylic acids is 2. The van der Waals surface area contributed by atoms with Crippen LogP contribution >= 0.6 is 0 Å². The van der Waals surface area contributed by atoms with Crippen molar-refractivity contribution in [2.75, 3.05) is 0 Å². The fraction of sp³-hybridized carbons (Fsp3) is 0.923. The smallest absolute Gasteiger partial charge is 0.309 e. The molecule has 186 valence electrons. The van der Waals surface area contributed by atoms with E-state index in [1.54, 1.807) is 13.8 Å². The number of carbonyl (C=O) groups is 2. The van der Waals surface area contributed by atoms with Crippen molar-refractivity contribution in [2.24, 2.45) is 16.7 Å². The molecule has 0 aromatic rings. The lowest BCUT2D eigenvalue weighted by molar-refractivity contribution is -0.148. The van der Waals surface area contributed by atoms with Crippen LogP contribution in [0.4, 0.5) is 0 Å². The molecule has 2 rings (SSSR count). The van der Waals surface area contributed by atoms with Crippen LogP contribution < -0.4 is 0 Å². The van der Waals surface area contributed by atoms with Crippen LogP contribution in [0.5, 0.6) is 0 Å². The summed E-state index contributed by atoms with van der Waals surface area (Å²) in [7, 11) is 0. The number of ether oxygens (including phenoxy) is 2. The molecule has 2 aliphatic rings. The maximum Gasteiger partial charge on any atom is 0.309 e. The van der Waals surface area contributed by atoms with E-state index < -0.39 is 23.3 Å². The van der Waals surface area contributed by atoms with Gasteiger partial charge in [-0.1, -0.05) is 20.8 Å². The normalized spacial score (nSPS) is 27.5. The van der Waals surface area contributed by atoms with Crippen LogP contribution in [0.3, 0.4) is 0 Å². The minimum Gasteiger partial charge on any atom is -0.481 e. The van der Waals surface area contributed by atoms with Crippen molar-refractivity contribution < 1.29 is 29.3 Å². The average molecular weight is 455 g/mol. The van der Waals surface area contributed by atoms with Gasteiger partial charge in [0.15, 0.2) is 0 Å². The molecule has 0 saturated carbocycles. The Balaban J connectivity index is 1.63. The van der Waals surface area contributed by atoms with Gasteiger partial charge in [0.25, 0.3) is 0 Å². The zero-order valence-corrected chi connectivity index (χ0v) is 20.9. The van der Waals surface area contributed by atoms with Gasteiger partial charge >= 0.3 is 11.9 Å². The Morgan fingerprint density at radius 3 is 1.88 bits per heavy atom. The predicted molar refractivity (Wildman–Crippen MR) is 125 cm³/mol. The molecule has 0 aromatic heterocycles. The van der Waals surface area contributed by atoms with Crippen molar-refractivity contribution >= 4 is 11.9 Å². The van der Waals surface area contributed by atoms with Crippen molar-refractivity contribution in [1.29, 1.82) is 0 Å². The Morgan fingerprint density at radius 1 is 0.812 bits per heavy atom. The maximum absolute atomic E-state index is 11.8. The van der Waals surface area contributed by atoms with Gasteiger partial charge in [-0.2, -0.15) is 0 Å². The zero-order valence-electron chi connectivity index (χ0n) is 20.9. The minimum absolute atomic E-state index is 0.136. The Bertz CT molecular complexity index is 608. The van der Waals surface area contributed by atoms with Gasteiger partial charge in [0.05, 0.1) is 35.7 Å². The van der Waals surface area contributed by atoms with Gasteiger partial charge in [-0.15, -0.1) is 0 Å². The molecule has 6 heteroatoms. The van der Waals surface area contributed by atoms with Gasteiger partial charge in [-0.05, 0) is 96.3 Å². The monoisotopic (exact) mass is 454 g/mol. The summed E-state index contributed by atoms with van der Waals surface area (Å²) in [6.45, 7) is 10.0. The summed E-state index contributed by atoms with van der Waals surface area (Å²) in [4.78, 5) is 23.0. The molecule has 5 atom stereocenters. The number of hydrogen-bond donors (Lipinski definition) is 2.